The Bertz CT molecular complexity index is 816. The van der Waals surface area contributed by atoms with Gasteiger partial charge in [0, 0.05) is 24.9 Å². The van der Waals surface area contributed by atoms with Crippen LogP contribution in [0.1, 0.15) is 34.9 Å². The van der Waals surface area contributed by atoms with Gasteiger partial charge in [-0.1, -0.05) is 42.5 Å². The largest absolute Gasteiger partial charge is 0.444 e. The van der Waals surface area contributed by atoms with Crippen LogP contribution in [0, 0.1) is 0 Å². The third kappa shape index (κ3) is 4.02. The smallest absolute Gasteiger partial charge is 0.340 e. The van der Waals surface area contributed by atoms with E-state index in [4.69, 9.17) is 4.74 Å². The summed E-state index contributed by atoms with van der Waals surface area (Å²) in [6.45, 7) is 1.35. The minimum atomic E-state index is -1.33. The summed E-state index contributed by atoms with van der Waals surface area (Å²) in [5.74, 6) is -0.852. The number of benzene rings is 2. The van der Waals surface area contributed by atoms with Gasteiger partial charge < -0.3 is 9.64 Å². The van der Waals surface area contributed by atoms with Crippen molar-refractivity contribution in [3.8, 4) is 0 Å². The summed E-state index contributed by atoms with van der Waals surface area (Å²) < 4.78 is 17.5. The van der Waals surface area contributed by atoms with E-state index in [2.05, 4.69) is 0 Å². The highest BCUT2D eigenvalue weighted by Crippen LogP contribution is 2.25. The minimum absolute atomic E-state index is 0.211. The number of carbonyl (C=O) groups excluding carboxylic acids is 2. The topological polar surface area (TPSA) is 63.7 Å². The molecular formula is C20H21NO4S. The molecule has 0 saturated carbocycles. The zero-order chi connectivity index (χ0) is 18.5. The number of hydrogen-bond donors (Lipinski definition) is 0. The number of likely N-dealkylation sites (tertiary alicyclic amines) is 1. The second-order valence-corrected chi connectivity index (χ2v) is 7.53. The third-order valence-corrected chi connectivity index (χ3v) is 5.36. The molecule has 3 rings (SSSR count). The fourth-order valence-electron chi connectivity index (χ4n) is 3.05. The van der Waals surface area contributed by atoms with Crippen molar-refractivity contribution in [1.29, 1.82) is 0 Å². The molecule has 1 saturated heterocycles. The molecule has 2 aromatic rings. The van der Waals surface area contributed by atoms with Gasteiger partial charge in [0.25, 0.3) is 5.91 Å². The van der Waals surface area contributed by atoms with Gasteiger partial charge in [0.1, 0.15) is 0 Å². The molecule has 2 aromatic carbocycles. The summed E-state index contributed by atoms with van der Waals surface area (Å²) in [5, 5.41) is 0. The predicted molar refractivity (Wildman–Crippen MR) is 99.2 cm³/mol. The zero-order valence-corrected chi connectivity index (χ0v) is 15.4. The maximum absolute atomic E-state index is 12.9. The average Bonchev–Trinajstić information content (AvgIpc) is 3.21. The van der Waals surface area contributed by atoms with Crippen LogP contribution >= 0.6 is 0 Å². The number of nitrogens with zero attached hydrogens (tertiary/aromatic N) is 1. The first-order valence-corrected chi connectivity index (χ1v) is 10.1. The normalized spacial score (nSPS) is 16.1. The maximum Gasteiger partial charge on any atom is 0.340 e. The van der Waals surface area contributed by atoms with Gasteiger partial charge in [-0.05, 0) is 25.0 Å². The van der Waals surface area contributed by atoms with Crippen LogP contribution in [-0.2, 0) is 20.3 Å². The van der Waals surface area contributed by atoms with Gasteiger partial charge in [-0.2, -0.15) is 0 Å². The lowest BCUT2D eigenvalue weighted by atomic mass is 10.1. The van der Waals surface area contributed by atoms with E-state index in [0.29, 0.717) is 23.5 Å². The van der Waals surface area contributed by atoms with Gasteiger partial charge in [0.15, 0.2) is 0 Å². The van der Waals surface area contributed by atoms with Crippen molar-refractivity contribution in [2.45, 2.75) is 23.8 Å². The fourth-order valence-corrected chi connectivity index (χ4v) is 3.78. The van der Waals surface area contributed by atoms with E-state index in [1.54, 1.807) is 41.3 Å². The first-order chi connectivity index (χ1) is 12.6. The SMILES string of the molecule is C[S@@](=O)c1ccccc1C(=O)O[C@@H](C(=O)N1CCCC1)c1ccccc1. The monoisotopic (exact) mass is 371 g/mol. The lowest BCUT2D eigenvalue weighted by Crippen LogP contribution is -2.35. The van der Waals surface area contributed by atoms with Crippen LogP contribution in [0.3, 0.4) is 0 Å². The number of rotatable bonds is 5. The fraction of sp³-hybridized carbons (Fsp3) is 0.300. The second-order valence-electron chi connectivity index (χ2n) is 6.18. The quantitative estimate of drug-likeness (QED) is 0.758. The van der Waals surface area contributed by atoms with E-state index in [1.165, 1.54) is 6.26 Å². The highest BCUT2D eigenvalue weighted by molar-refractivity contribution is 7.84. The Morgan fingerprint density at radius 1 is 1.00 bits per heavy atom. The Balaban J connectivity index is 1.89. The molecule has 0 radical (unpaired) electrons. The van der Waals surface area contributed by atoms with Gasteiger partial charge in [-0.15, -0.1) is 0 Å². The van der Waals surface area contributed by atoms with Gasteiger partial charge in [0.05, 0.1) is 21.3 Å². The highest BCUT2D eigenvalue weighted by atomic mass is 32.2. The Labute approximate surface area is 155 Å². The van der Waals surface area contributed by atoms with Crippen molar-refractivity contribution in [3.63, 3.8) is 0 Å². The molecule has 1 aliphatic rings. The summed E-state index contributed by atoms with van der Waals surface area (Å²) in [5.41, 5.74) is 0.858. The summed E-state index contributed by atoms with van der Waals surface area (Å²) >= 11 is 0. The van der Waals surface area contributed by atoms with Crippen molar-refractivity contribution in [3.05, 3.63) is 65.7 Å². The molecular weight excluding hydrogens is 350 g/mol. The second kappa shape index (κ2) is 8.27. The van der Waals surface area contributed by atoms with E-state index < -0.39 is 22.9 Å². The highest BCUT2D eigenvalue weighted by Gasteiger charge is 2.31. The van der Waals surface area contributed by atoms with Crippen LogP contribution in [0.2, 0.25) is 0 Å². The van der Waals surface area contributed by atoms with Crippen molar-refractivity contribution < 1.29 is 18.5 Å². The summed E-state index contributed by atoms with van der Waals surface area (Å²) in [4.78, 5) is 27.8. The van der Waals surface area contributed by atoms with Crippen molar-refractivity contribution in [1.82, 2.24) is 4.90 Å². The third-order valence-electron chi connectivity index (χ3n) is 4.39. The van der Waals surface area contributed by atoms with Crippen LogP contribution in [0.5, 0.6) is 0 Å². The molecule has 1 aliphatic heterocycles. The molecule has 136 valence electrons. The molecule has 0 unspecified atom stereocenters. The molecule has 1 heterocycles. The molecule has 0 aromatic heterocycles. The van der Waals surface area contributed by atoms with Crippen molar-refractivity contribution >= 4 is 22.7 Å². The van der Waals surface area contributed by atoms with E-state index in [0.717, 1.165) is 12.8 Å². The van der Waals surface area contributed by atoms with Gasteiger partial charge in [0.2, 0.25) is 6.10 Å². The summed E-state index contributed by atoms with van der Waals surface area (Å²) in [7, 11) is -1.33. The molecule has 26 heavy (non-hydrogen) atoms. The maximum atomic E-state index is 12.9. The first kappa shape index (κ1) is 18.3. The van der Waals surface area contributed by atoms with E-state index >= 15 is 0 Å². The minimum Gasteiger partial charge on any atom is -0.444 e. The van der Waals surface area contributed by atoms with Gasteiger partial charge in [-0.25, -0.2) is 4.79 Å². The molecule has 0 spiro atoms. The molecule has 6 heteroatoms. The molecule has 1 fully saturated rings. The number of hydrogen-bond acceptors (Lipinski definition) is 4. The number of amides is 1. The zero-order valence-electron chi connectivity index (χ0n) is 14.6. The summed E-state index contributed by atoms with van der Waals surface area (Å²) in [6.07, 6.45) is 2.42. The number of carbonyl (C=O) groups is 2. The van der Waals surface area contributed by atoms with Crippen LogP contribution in [0.4, 0.5) is 0 Å². The van der Waals surface area contributed by atoms with Crippen LogP contribution in [-0.4, -0.2) is 40.3 Å². The molecule has 0 bridgehead atoms. The standard InChI is InChI=1S/C20H21NO4S/c1-26(24)17-12-6-5-11-16(17)20(23)25-18(15-9-3-2-4-10-15)19(22)21-13-7-8-14-21/h2-6,9-12,18H,7-8,13-14H2,1H3/t18-,26-/m1/s1. The lowest BCUT2D eigenvalue weighted by Gasteiger charge is -2.23. The van der Waals surface area contributed by atoms with Gasteiger partial charge >= 0.3 is 5.97 Å². The van der Waals surface area contributed by atoms with Crippen LogP contribution in [0.25, 0.3) is 0 Å². The molecule has 1 amide bonds. The average molecular weight is 371 g/mol. The van der Waals surface area contributed by atoms with Gasteiger partial charge in [-0.3, -0.25) is 9.00 Å². The number of ether oxygens (including phenoxy) is 1. The molecule has 0 aliphatic carbocycles. The first-order valence-electron chi connectivity index (χ1n) is 8.55. The Morgan fingerprint density at radius 3 is 2.27 bits per heavy atom. The van der Waals surface area contributed by atoms with Crippen molar-refractivity contribution in [2.24, 2.45) is 0 Å². The molecule has 5 nitrogen and oxygen atoms in total. The molecule has 2 atom stereocenters. The van der Waals surface area contributed by atoms with E-state index in [1.807, 2.05) is 18.2 Å². The lowest BCUT2D eigenvalue weighted by molar-refractivity contribution is -0.140. The van der Waals surface area contributed by atoms with Crippen LogP contribution in [0.15, 0.2) is 59.5 Å². The number of esters is 1. The predicted octanol–water partition coefficient (Wildman–Crippen LogP) is 2.94. The Kier molecular flexibility index (Phi) is 5.83. The summed E-state index contributed by atoms with van der Waals surface area (Å²) in [6, 6.07) is 15.6. The van der Waals surface area contributed by atoms with E-state index in [-0.39, 0.29) is 11.5 Å². The van der Waals surface area contributed by atoms with E-state index in [9.17, 15) is 13.8 Å². The Hall–Kier alpha value is -2.47. The van der Waals surface area contributed by atoms with Crippen LogP contribution < -0.4 is 0 Å². The van der Waals surface area contributed by atoms with Crippen molar-refractivity contribution in [2.75, 3.05) is 19.3 Å². The Morgan fingerprint density at radius 2 is 1.62 bits per heavy atom. The molecule has 0 N–H and O–H groups in total.